The van der Waals surface area contributed by atoms with Gasteiger partial charge in [0.2, 0.25) is 0 Å². The molecule has 2 aliphatic rings. The van der Waals surface area contributed by atoms with Crippen molar-refractivity contribution in [1.29, 1.82) is 0 Å². The number of benzene rings is 1. The normalized spacial score (nSPS) is 16.6. The molecule has 0 bridgehead atoms. The summed E-state index contributed by atoms with van der Waals surface area (Å²) >= 11 is 0. The standard InChI is InChI=1S/C34H36N6/c1-4-24(20-26(5-2)36-22(3)19-23-15-17-35-18-16-23)29-13-14-31-33(38-29)34(40-39-31)32-21-28-27(25-9-6-7-10-25)11-8-12-30(28)37-32/h4-6,8-14,20-21,23,35-37H,2-3,7,15-19H2,1H3,(H,39,40)/b24-4+,26-20+. The van der Waals surface area contributed by atoms with Crippen LogP contribution in [0.5, 0.6) is 0 Å². The lowest BCUT2D eigenvalue weighted by atomic mass is 9.93. The fourth-order valence-corrected chi connectivity index (χ4v) is 5.75. The van der Waals surface area contributed by atoms with Crippen LogP contribution in [0.25, 0.3) is 44.5 Å². The largest absolute Gasteiger partial charge is 0.359 e. The Labute approximate surface area is 235 Å². The van der Waals surface area contributed by atoms with Crippen LogP contribution in [-0.2, 0) is 0 Å². The van der Waals surface area contributed by atoms with Crippen molar-refractivity contribution < 1.29 is 0 Å². The summed E-state index contributed by atoms with van der Waals surface area (Å²) in [6, 6.07) is 12.7. The summed E-state index contributed by atoms with van der Waals surface area (Å²) in [5.74, 6) is 0.671. The number of pyridine rings is 1. The Kier molecular flexibility index (Phi) is 7.34. The molecular weight excluding hydrogens is 492 g/mol. The average molecular weight is 529 g/mol. The minimum absolute atomic E-state index is 0.671. The van der Waals surface area contributed by atoms with E-state index in [-0.39, 0.29) is 0 Å². The Morgan fingerprint density at radius 2 is 2.02 bits per heavy atom. The van der Waals surface area contributed by atoms with Gasteiger partial charge in [-0.1, -0.05) is 49.6 Å². The van der Waals surface area contributed by atoms with Crippen LogP contribution in [0, 0.1) is 5.92 Å². The number of fused-ring (bicyclic) bond motifs is 2. The second kappa shape index (κ2) is 11.4. The van der Waals surface area contributed by atoms with Crippen LogP contribution in [0.4, 0.5) is 0 Å². The van der Waals surface area contributed by atoms with Crippen LogP contribution in [-0.4, -0.2) is 33.3 Å². The zero-order valence-corrected chi connectivity index (χ0v) is 23.1. The van der Waals surface area contributed by atoms with E-state index < -0.39 is 0 Å². The summed E-state index contributed by atoms with van der Waals surface area (Å²) in [7, 11) is 0. The summed E-state index contributed by atoms with van der Waals surface area (Å²) in [4.78, 5) is 8.65. The van der Waals surface area contributed by atoms with E-state index in [0.717, 1.165) is 76.5 Å². The molecule has 0 amide bonds. The molecule has 0 spiro atoms. The molecule has 0 atom stereocenters. The van der Waals surface area contributed by atoms with Crippen molar-refractivity contribution in [1.82, 2.24) is 30.8 Å². The average Bonchev–Trinajstić information content (AvgIpc) is 3.74. The van der Waals surface area contributed by atoms with Crippen molar-refractivity contribution in [3.8, 4) is 11.4 Å². The Morgan fingerprint density at radius 3 is 2.80 bits per heavy atom. The molecule has 1 aliphatic heterocycles. The van der Waals surface area contributed by atoms with Crippen molar-refractivity contribution in [2.75, 3.05) is 13.1 Å². The minimum Gasteiger partial charge on any atom is -0.359 e. The van der Waals surface area contributed by atoms with Gasteiger partial charge in [0.05, 0.1) is 16.9 Å². The molecular formula is C34H36N6. The van der Waals surface area contributed by atoms with Gasteiger partial charge in [-0.3, -0.25) is 5.10 Å². The summed E-state index contributed by atoms with van der Waals surface area (Å²) < 4.78 is 0. The number of aromatic nitrogens is 4. The van der Waals surface area contributed by atoms with Gasteiger partial charge in [-0.2, -0.15) is 5.10 Å². The molecule has 40 heavy (non-hydrogen) atoms. The molecule has 1 saturated heterocycles. The van der Waals surface area contributed by atoms with Gasteiger partial charge in [-0.15, -0.1) is 0 Å². The molecule has 0 unspecified atom stereocenters. The van der Waals surface area contributed by atoms with Gasteiger partial charge < -0.3 is 15.6 Å². The molecule has 6 rings (SSSR count). The first-order chi connectivity index (χ1) is 19.6. The van der Waals surface area contributed by atoms with Crippen molar-refractivity contribution in [2.45, 2.75) is 32.6 Å². The van der Waals surface area contributed by atoms with Crippen LogP contribution >= 0.6 is 0 Å². The highest BCUT2D eigenvalue weighted by molar-refractivity contribution is 6.00. The maximum Gasteiger partial charge on any atom is 0.135 e. The van der Waals surface area contributed by atoms with Crippen molar-refractivity contribution in [3.05, 3.63) is 109 Å². The first-order valence-electron chi connectivity index (χ1n) is 14.1. The number of nitrogens with zero attached hydrogens (tertiary/aromatic N) is 2. The summed E-state index contributed by atoms with van der Waals surface area (Å²) in [6.45, 7) is 12.5. The summed E-state index contributed by atoms with van der Waals surface area (Å²) in [5.41, 5.74) is 10.9. The predicted octanol–water partition coefficient (Wildman–Crippen LogP) is 7.42. The molecule has 1 aliphatic carbocycles. The van der Waals surface area contributed by atoms with Gasteiger partial charge in [-0.25, -0.2) is 4.98 Å². The summed E-state index contributed by atoms with van der Waals surface area (Å²) in [6.07, 6.45) is 17.0. The number of nitrogens with one attached hydrogen (secondary N) is 4. The van der Waals surface area contributed by atoms with Gasteiger partial charge in [0.1, 0.15) is 11.2 Å². The molecule has 202 valence electrons. The minimum atomic E-state index is 0.671. The summed E-state index contributed by atoms with van der Waals surface area (Å²) in [5, 5.41) is 15.9. The van der Waals surface area contributed by atoms with Gasteiger partial charge in [0, 0.05) is 22.3 Å². The van der Waals surface area contributed by atoms with Crippen LogP contribution in [0.15, 0.2) is 97.4 Å². The predicted molar refractivity (Wildman–Crippen MR) is 167 cm³/mol. The van der Waals surface area contributed by atoms with E-state index in [2.05, 4.69) is 93.6 Å². The zero-order valence-electron chi connectivity index (χ0n) is 23.1. The Hall–Kier alpha value is -4.42. The smallest absolute Gasteiger partial charge is 0.135 e. The molecule has 1 aromatic carbocycles. The number of aromatic amines is 2. The number of rotatable bonds is 9. The van der Waals surface area contributed by atoms with Gasteiger partial charge in [-0.05, 0) is 105 Å². The number of H-pyrrole nitrogens is 2. The van der Waals surface area contributed by atoms with Crippen molar-refractivity contribution >= 4 is 33.1 Å². The van der Waals surface area contributed by atoms with Crippen molar-refractivity contribution in [3.63, 3.8) is 0 Å². The highest BCUT2D eigenvalue weighted by Crippen LogP contribution is 2.34. The van der Waals surface area contributed by atoms with Crippen LogP contribution in [0.2, 0.25) is 0 Å². The third-order valence-electron chi connectivity index (χ3n) is 7.86. The molecule has 4 N–H and O–H groups in total. The van der Waals surface area contributed by atoms with Gasteiger partial charge in [0.25, 0.3) is 0 Å². The van der Waals surface area contributed by atoms with Gasteiger partial charge in [0.15, 0.2) is 0 Å². The zero-order chi connectivity index (χ0) is 27.5. The van der Waals surface area contributed by atoms with E-state index in [1.807, 2.05) is 25.1 Å². The monoisotopic (exact) mass is 528 g/mol. The third-order valence-corrected chi connectivity index (χ3v) is 7.86. The maximum atomic E-state index is 5.07. The molecule has 1 fully saturated rings. The molecule has 0 radical (unpaired) electrons. The van der Waals surface area contributed by atoms with Crippen LogP contribution in [0.3, 0.4) is 0 Å². The number of piperidine rings is 1. The van der Waals surface area contributed by atoms with Crippen LogP contribution in [0.1, 0.15) is 43.9 Å². The second-order valence-corrected chi connectivity index (χ2v) is 10.6. The van der Waals surface area contributed by atoms with Crippen LogP contribution < -0.4 is 10.6 Å². The van der Waals surface area contributed by atoms with Gasteiger partial charge >= 0.3 is 0 Å². The third kappa shape index (κ3) is 5.23. The fourth-order valence-electron chi connectivity index (χ4n) is 5.75. The molecule has 6 heteroatoms. The maximum absolute atomic E-state index is 5.07. The first kappa shape index (κ1) is 25.8. The van der Waals surface area contributed by atoms with Crippen molar-refractivity contribution in [2.24, 2.45) is 5.92 Å². The van der Waals surface area contributed by atoms with E-state index in [9.17, 15) is 0 Å². The SMILES string of the molecule is C=C/C(=C\C(=C/C)c1ccc2[nH]nc(-c3cc4c(C5=CCC=C5)cccc4[nH]3)c2n1)NC(=C)CC1CCNCC1. The fraction of sp³-hybridized carbons (Fsp3) is 0.235. The first-order valence-corrected chi connectivity index (χ1v) is 14.1. The lowest BCUT2D eigenvalue weighted by molar-refractivity contribution is 0.368. The van der Waals surface area contributed by atoms with E-state index in [0.29, 0.717) is 5.92 Å². The van der Waals surface area contributed by atoms with E-state index in [1.54, 1.807) is 0 Å². The van der Waals surface area contributed by atoms with E-state index in [1.165, 1.54) is 29.4 Å². The Balaban J connectivity index is 1.29. The molecule has 3 aromatic heterocycles. The molecule has 4 heterocycles. The topological polar surface area (TPSA) is 81.4 Å². The molecule has 6 nitrogen and oxygen atoms in total. The molecule has 0 saturated carbocycles. The lowest BCUT2D eigenvalue weighted by Crippen LogP contribution is -2.28. The Morgan fingerprint density at radius 1 is 1.15 bits per heavy atom. The second-order valence-electron chi connectivity index (χ2n) is 10.6. The van der Waals surface area contributed by atoms with E-state index in [4.69, 9.17) is 4.98 Å². The highest BCUT2D eigenvalue weighted by atomic mass is 15.1. The lowest BCUT2D eigenvalue weighted by Gasteiger charge is -2.24. The number of hydrogen-bond donors (Lipinski definition) is 4. The number of hydrogen-bond acceptors (Lipinski definition) is 4. The Bertz CT molecular complexity index is 1700. The van der Waals surface area contributed by atoms with E-state index >= 15 is 0 Å². The molecule has 4 aromatic rings. The highest BCUT2D eigenvalue weighted by Gasteiger charge is 2.17. The number of allylic oxidation sites excluding steroid dienone is 9. The quantitative estimate of drug-likeness (QED) is 0.170.